The van der Waals surface area contributed by atoms with Crippen LogP contribution in [0.5, 0.6) is 0 Å². The molecule has 0 radical (unpaired) electrons. The molecule has 0 aliphatic heterocycles. The molecule has 0 saturated heterocycles. The van der Waals surface area contributed by atoms with Crippen LogP contribution in [0.25, 0.3) is 66.8 Å². The van der Waals surface area contributed by atoms with Crippen molar-refractivity contribution in [3.8, 4) is 33.5 Å². The number of aromatic nitrogens is 1. The Balaban J connectivity index is 1.25. The first-order valence-corrected chi connectivity index (χ1v) is 20.8. The summed E-state index contributed by atoms with van der Waals surface area (Å²) in [6, 6.07) is 55.9. The van der Waals surface area contributed by atoms with Gasteiger partial charge in [-0.2, -0.15) is 0 Å². The lowest BCUT2D eigenvalue weighted by Crippen LogP contribution is -2.05. The zero-order valence-corrected chi connectivity index (χ0v) is 34.9. The Bertz CT molecular complexity index is 2950. The van der Waals surface area contributed by atoms with Gasteiger partial charge in [0.2, 0.25) is 0 Å². The van der Waals surface area contributed by atoms with Gasteiger partial charge in [-0.15, -0.1) is 0 Å². The van der Waals surface area contributed by atoms with Gasteiger partial charge in [-0.1, -0.05) is 178 Å². The standard InChI is InChI=1S/C57H49N3/c1-6-9-19-42-31-33-53-52(32-26-39(4)56(53)51(42)8-3)43-29-27-41(28-30-43)49-34-48(35-50(36-49)55-37-46-24-16-17-25-47(46)38-58-55)40(5)59-57(45-22-14-11-15-23-45)60-54(18-7-2)44-20-12-10-13-21-44/h6,9-38H,1,7-8H2,2-5H3/b19-9-,54-18+,59-40?,60-57?. The summed E-state index contributed by atoms with van der Waals surface area (Å²) in [6.07, 6.45) is 12.0. The van der Waals surface area contributed by atoms with Crippen LogP contribution in [0.1, 0.15) is 60.6 Å². The zero-order chi connectivity index (χ0) is 41.4. The number of nitrogens with zero attached hydrogens (tertiary/aromatic N) is 3. The molecule has 3 heteroatoms. The van der Waals surface area contributed by atoms with E-state index >= 15 is 0 Å². The molecule has 0 aliphatic rings. The monoisotopic (exact) mass is 775 g/mol. The maximum Gasteiger partial charge on any atom is 0.160 e. The Hall–Kier alpha value is -7.23. The molecule has 0 fully saturated rings. The van der Waals surface area contributed by atoms with Crippen molar-refractivity contribution in [1.82, 2.24) is 4.98 Å². The first-order chi connectivity index (χ1) is 29.4. The lowest BCUT2D eigenvalue weighted by atomic mass is 9.88. The smallest absolute Gasteiger partial charge is 0.160 e. The second-order valence-corrected chi connectivity index (χ2v) is 15.1. The Kier molecular flexibility index (Phi) is 12.0. The van der Waals surface area contributed by atoms with Crippen LogP contribution in [0.3, 0.4) is 0 Å². The van der Waals surface area contributed by atoms with Crippen molar-refractivity contribution >= 4 is 44.9 Å². The fourth-order valence-electron chi connectivity index (χ4n) is 8.02. The van der Waals surface area contributed by atoms with E-state index in [1.807, 2.05) is 42.6 Å². The molecule has 3 nitrogen and oxygen atoms in total. The molecule has 0 atom stereocenters. The fourth-order valence-corrected chi connectivity index (χ4v) is 8.02. The van der Waals surface area contributed by atoms with Crippen LogP contribution in [0.2, 0.25) is 0 Å². The SMILES string of the molecule is C=C/C=C\c1ccc2c(-c3ccc(-c4cc(C(C)=NC(=N/C(=C/CC)c5ccccc5)c5ccccc5)cc(-c5cc6ccccc6cn5)c4)cc3)ccc(C)c2c1CC. The van der Waals surface area contributed by atoms with Gasteiger partial charge in [0.05, 0.1) is 11.4 Å². The molecular formula is C57H49N3. The summed E-state index contributed by atoms with van der Waals surface area (Å²) in [5, 5.41) is 4.87. The maximum absolute atomic E-state index is 5.31. The molecule has 0 saturated carbocycles. The number of hydrogen-bond acceptors (Lipinski definition) is 2. The van der Waals surface area contributed by atoms with E-state index in [9.17, 15) is 0 Å². The number of pyridine rings is 1. The van der Waals surface area contributed by atoms with E-state index in [-0.39, 0.29) is 0 Å². The molecule has 7 aromatic carbocycles. The highest BCUT2D eigenvalue weighted by Crippen LogP contribution is 2.37. The average molecular weight is 776 g/mol. The molecule has 8 rings (SSSR count). The van der Waals surface area contributed by atoms with Crippen molar-refractivity contribution in [2.45, 2.75) is 40.5 Å². The minimum atomic E-state index is 0.664. The third-order valence-corrected chi connectivity index (χ3v) is 11.1. The first-order valence-electron chi connectivity index (χ1n) is 20.8. The van der Waals surface area contributed by atoms with Gasteiger partial charge in [-0.25, -0.2) is 9.98 Å². The third kappa shape index (κ3) is 8.48. The largest absolute Gasteiger partial charge is 0.256 e. The van der Waals surface area contributed by atoms with E-state index in [2.05, 4.69) is 180 Å². The van der Waals surface area contributed by atoms with Crippen molar-refractivity contribution in [3.63, 3.8) is 0 Å². The molecule has 0 aliphatic carbocycles. The molecule has 1 aromatic heterocycles. The van der Waals surface area contributed by atoms with E-state index < -0.39 is 0 Å². The highest BCUT2D eigenvalue weighted by Gasteiger charge is 2.15. The van der Waals surface area contributed by atoms with E-state index in [4.69, 9.17) is 15.0 Å². The van der Waals surface area contributed by atoms with Gasteiger partial charge in [0.25, 0.3) is 0 Å². The first kappa shape index (κ1) is 39.6. The topological polar surface area (TPSA) is 37.6 Å². The zero-order valence-electron chi connectivity index (χ0n) is 34.9. The molecule has 0 bridgehead atoms. The van der Waals surface area contributed by atoms with Crippen molar-refractivity contribution in [1.29, 1.82) is 0 Å². The van der Waals surface area contributed by atoms with Crippen molar-refractivity contribution < 1.29 is 0 Å². The summed E-state index contributed by atoms with van der Waals surface area (Å²) >= 11 is 0. The number of benzene rings is 7. The quantitative estimate of drug-likeness (QED) is 0.0732. The van der Waals surface area contributed by atoms with Crippen molar-refractivity contribution in [2.75, 3.05) is 0 Å². The highest BCUT2D eigenvalue weighted by molar-refractivity contribution is 6.13. The number of aliphatic imine (C=N–C) groups is 2. The molecule has 0 amide bonds. The van der Waals surface area contributed by atoms with Gasteiger partial charge in [0.1, 0.15) is 0 Å². The van der Waals surface area contributed by atoms with Crippen LogP contribution in [0, 0.1) is 6.92 Å². The lowest BCUT2D eigenvalue weighted by molar-refractivity contribution is 1.15. The molecule has 0 unspecified atom stereocenters. The molecule has 0 N–H and O–H groups in total. The van der Waals surface area contributed by atoms with Crippen LogP contribution in [-0.2, 0) is 6.42 Å². The molecule has 1 heterocycles. The number of hydrogen-bond donors (Lipinski definition) is 0. The Labute approximate surface area is 354 Å². The fraction of sp³-hybridized carbons (Fsp3) is 0.105. The summed E-state index contributed by atoms with van der Waals surface area (Å²) in [5.74, 6) is 0.664. The summed E-state index contributed by atoms with van der Waals surface area (Å²) < 4.78 is 0. The molecular weight excluding hydrogens is 727 g/mol. The van der Waals surface area contributed by atoms with Gasteiger partial charge in [0, 0.05) is 28.4 Å². The summed E-state index contributed by atoms with van der Waals surface area (Å²) in [5.41, 5.74) is 15.2. The van der Waals surface area contributed by atoms with E-state index in [0.717, 1.165) is 74.1 Å². The van der Waals surface area contributed by atoms with Gasteiger partial charge in [-0.05, 0) is 117 Å². The minimum absolute atomic E-state index is 0.664. The normalized spacial score (nSPS) is 12.4. The van der Waals surface area contributed by atoms with Crippen molar-refractivity contribution in [2.24, 2.45) is 9.98 Å². The number of aryl methyl sites for hydroxylation is 2. The van der Waals surface area contributed by atoms with Gasteiger partial charge >= 0.3 is 0 Å². The van der Waals surface area contributed by atoms with Gasteiger partial charge in [-0.3, -0.25) is 4.98 Å². The molecule has 292 valence electrons. The number of fused-ring (bicyclic) bond motifs is 2. The Morgan fingerprint density at radius 2 is 1.32 bits per heavy atom. The Morgan fingerprint density at radius 1 is 0.633 bits per heavy atom. The third-order valence-electron chi connectivity index (χ3n) is 11.1. The number of allylic oxidation sites excluding steroid dienone is 3. The second kappa shape index (κ2) is 18.1. The average Bonchev–Trinajstić information content (AvgIpc) is 3.30. The number of rotatable bonds is 11. The van der Waals surface area contributed by atoms with Crippen LogP contribution in [-0.4, -0.2) is 16.5 Å². The molecule has 60 heavy (non-hydrogen) atoms. The van der Waals surface area contributed by atoms with Gasteiger partial charge in [0.15, 0.2) is 5.84 Å². The van der Waals surface area contributed by atoms with Gasteiger partial charge < -0.3 is 0 Å². The maximum atomic E-state index is 5.31. The van der Waals surface area contributed by atoms with Crippen LogP contribution >= 0.6 is 0 Å². The Morgan fingerprint density at radius 3 is 2.03 bits per heavy atom. The van der Waals surface area contributed by atoms with E-state index in [1.165, 1.54) is 38.6 Å². The van der Waals surface area contributed by atoms with Crippen molar-refractivity contribution in [3.05, 3.63) is 222 Å². The molecule has 0 spiro atoms. The van der Waals surface area contributed by atoms with Crippen LogP contribution in [0.15, 0.2) is 199 Å². The molecule has 8 aromatic rings. The lowest BCUT2D eigenvalue weighted by Gasteiger charge is -2.16. The minimum Gasteiger partial charge on any atom is -0.256 e. The second-order valence-electron chi connectivity index (χ2n) is 15.1. The number of amidine groups is 1. The predicted molar refractivity (Wildman–Crippen MR) is 259 cm³/mol. The van der Waals surface area contributed by atoms with E-state index in [1.54, 1.807) is 0 Å². The summed E-state index contributed by atoms with van der Waals surface area (Å²) in [6.45, 7) is 12.6. The van der Waals surface area contributed by atoms with Crippen LogP contribution in [0.4, 0.5) is 0 Å². The van der Waals surface area contributed by atoms with Crippen LogP contribution < -0.4 is 0 Å². The summed E-state index contributed by atoms with van der Waals surface area (Å²) in [7, 11) is 0. The highest BCUT2D eigenvalue weighted by atomic mass is 14.9. The summed E-state index contributed by atoms with van der Waals surface area (Å²) in [4.78, 5) is 15.5. The van der Waals surface area contributed by atoms with E-state index in [0.29, 0.717) is 5.84 Å². The predicted octanol–water partition coefficient (Wildman–Crippen LogP) is 15.2.